The van der Waals surface area contributed by atoms with Crippen LogP contribution in [-0.4, -0.2) is 17.7 Å². The van der Waals surface area contributed by atoms with Crippen LogP contribution in [0.2, 0.25) is 0 Å². The fourth-order valence-corrected chi connectivity index (χ4v) is 1.66. The molecule has 8 heteroatoms. The van der Waals surface area contributed by atoms with Crippen LogP contribution in [0.25, 0.3) is 0 Å². The molecule has 1 N–H and O–H groups in total. The third-order valence-electron chi connectivity index (χ3n) is 2.52. The minimum Gasteiger partial charge on any atom is -0.292 e. The van der Waals surface area contributed by atoms with Crippen LogP contribution in [-0.2, 0) is 4.84 Å². The Bertz CT molecular complexity index is 452. The topological polar surface area (TPSA) is 64.4 Å². The van der Waals surface area contributed by atoms with E-state index in [1.807, 2.05) is 6.92 Å². The summed E-state index contributed by atoms with van der Waals surface area (Å²) < 4.78 is 36.0. The number of nitrogens with zero attached hydrogens (tertiary/aromatic N) is 1. The molecule has 0 fully saturated rings. The van der Waals surface area contributed by atoms with Crippen molar-refractivity contribution in [3.05, 3.63) is 39.9 Å². The minimum absolute atomic E-state index is 0.110. The molecule has 1 rings (SSSR count). The summed E-state index contributed by atoms with van der Waals surface area (Å²) in [7, 11) is 0. The van der Waals surface area contributed by atoms with Gasteiger partial charge < -0.3 is 0 Å². The molecule has 0 spiro atoms. The molecule has 0 aliphatic rings. The normalized spacial score (nSPS) is 13.2. The van der Waals surface area contributed by atoms with Crippen LogP contribution in [0.4, 0.5) is 18.9 Å². The predicted molar refractivity (Wildman–Crippen MR) is 65.9 cm³/mol. The van der Waals surface area contributed by atoms with E-state index in [4.69, 9.17) is 0 Å². The smallest absolute Gasteiger partial charge is 0.292 e. The van der Waals surface area contributed by atoms with Gasteiger partial charge in [0.1, 0.15) is 0 Å². The molecule has 0 saturated carbocycles. The second kappa shape index (κ2) is 7.20. The van der Waals surface area contributed by atoms with Gasteiger partial charge in [0.15, 0.2) is 6.61 Å². The number of nitrogens with one attached hydrogen (secondary N) is 1. The number of hydroxylamine groups is 1. The maximum Gasteiger partial charge on any atom is 0.413 e. The second-order valence-corrected chi connectivity index (χ2v) is 4.22. The Labute approximate surface area is 113 Å². The molecule has 1 aromatic rings. The van der Waals surface area contributed by atoms with E-state index in [0.717, 1.165) is 0 Å². The SMILES string of the molecule is CCCC(NOCC(F)(F)F)c1cccc([N+](=O)[O-])c1. The zero-order valence-electron chi connectivity index (χ0n) is 10.8. The highest BCUT2D eigenvalue weighted by molar-refractivity contribution is 5.35. The summed E-state index contributed by atoms with van der Waals surface area (Å²) in [5, 5.41) is 10.7. The number of nitro groups is 1. The van der Waals surface area contributed by atoms with Crippen molar-refractivity contribution in [2.24, 2.45) is 0 Å². The van der Waals surface area contributed by atoms with Crippen LogP contribution in [0, 0.1) is 10.1 Å². The Kier molecular flexibility index (Phi) is 5.90. The molecule has 0 amide bonds. The molecule has 112 valence electrons. The van der Waals surface area contributed by atoms with Crippen molar-refractivity contribution in [2.75, 3.05) is 6.61 Å². The van der Waals surface area contributed by atoms with Gasteiger partial charge >= 0.3 is 6.18 Å². The average molecular weight is 292 g/mol. The van der Waals surface area contributed by atoms with Crippen molar-refractivity contribution >= 4 is 5.69 Å². The van der Waals surface area contributed by atoms with Gasteiger partial charge in [0.05, 0.1) is 11.0 Å². The van der Waals surface area contributed by atoms with E-state index in [0.29, 0.717) is 18.4 Å². The van der Waals surface area contributed by atoms with Gasteiger partial charge in [-0.1, -0.05) is 25.5 Å². The minimum atomic E-state index is -4.42. The number of benzene rings is 1. The van der Waals surface area contributed by atoms with Gasteiger partial charge in [0.25, 0.3) is 5.69 Å². The van der Waals surface area contributed by atoms with E-state index < -0.39 is 23.7 Å². The highest BCUT2D eigenvalue weighted by atomic mass is 19.4. The molecule has 0 radical (unpaired) electrons. The first kappa shape index (κ1) is 16.4. The third kappa shape index (κ3) is 5.54. The Morgan fingerprint density at radius 3 is 2.70 bits per heavy atom. The number of non-ortho nitro benzene ring substituents is 1. The van der Waals surface area contributed by atoms with Crippen molar-refractivity contribution in [3.8, 4) is 0 Å². The molecule has 0 bridgehead atoms. The Morgan fingerprint density at radius 1 is 1.45 bits per heavy atom. The largest absolute Gasteiger partial charge is 0.413 e. The highest BCUT2D eigenvalue weighted by Crippen LogP contribution is 2.23. The first-order chi connectivity index (χ1) is 9.33. The van der Waals surface area contributed by atoms with Crippen LogP contribution >= 0.6 is 0 Å². The molecular weight excluding hydrogens is 277 g/mol. The molecule has 0 aliphatic heterocycles. The van der Waals surface area contributed by atoms with Crippen LogP contribution in [0.3, 0.4) is 0 Å². The molecule has 0 aromatic heterocycles. The number of nitro benzene ring substituents is 1. The highest BCUT2D eigenvalue weighted by Gasteiger charge is 2.28. The molecule has 1 aromatic carbocycles. The number of rotatable bonds is 7. The van der Waals surface area contributed by atoms with E-state index >= 15 is 0 Å². The van der Waals surface area contributed by atoms with Gasteiger partial charge in [-0.3, -0.25) is 15.0 Å². The summed E-state index contributed by atoms with van der Waals surface area (Å²) in [6.45, 7) is 0.442. The molecule has 0 aliphatic carbocycles. The Balaban J connectivity index is 2.74. The van der Waals surface area contributed by atoms with Crippen LogP contribution in [0.1, 0.15) is 31.4 Å². The molecular formula is C12H15F3N2O3. The molecule has 0 saturated heterocycles. The Hall–Kier alpha value is -1.67. The number of hydrogen-bond acceptors (Lipinski definition) is 4. The quantitative estimate of drug-likeness (QED) is 0.617. The summed E-state index contributed by atoms with van der Waals surface area (Å²) in [6.07, 6.45) is -3.23. The van der Waals surface area contributed by atoms with Crippen molar-refractivity contribution in [1.29, 1.82) is 0 Å². The van der Waals surface area contributed by atoms with Gasteiger partial charge in [0.2, 0.25) is 0 Å². The number of halogens is 3. The van der Waals surface area contributed by atoms with Crippen LogP contribution in [0.5, 0.6) is 0 Å². The average Bonchev–Trinajstić information content (AvgIpc) is 2.36. The number of hydrogen-bond donors (Lipinski definition) is 1. The van der Waals surface area contributed by atoms with Gasteiger partial charge in [-0.25, -0.2) is 0 Å². The molecule has 0 heterocycles. The lowest BCUT2D eigenvalue weighted by atomic mass is 10.0. The standard InChI is InChI=1S/C12H15F3N2O3/c1-2-4-11(16-20-8-12(13,14)15)9-5-3-6-10(7-9)17(18)19/h3,5-7,11,16H,2,4,8H2,1H3. The fraction of sp³-hybridized carbons (Fsp3) is 0.500. The monoisotopic (exact) mass is 292 g/mol. The second-order valence-electron chi connectivity index (χ2n) is 4.22. The third-order valence-corrected chi connectivity index (χ3v) is 2.52. The van der Waals surface area contributed by atoms with Crippen molar-refractivity contribution in [3.63, 3.8) is 0 Å². The zero-order chi connectivity index (χ0) is 15.2. The Morgan fingerprint density at radius 2 is 2.15 bits per heavy atom. The first-order valence-electron chi connectivity index (χ1n) is 6.02. The first-order valence-corrected chi connectivity index (χ1v) is 6.02. The van der Waals surface area contributed by atoms with Crippen molar-refractivity contribution < 1.29 is 22.9 Å². The van der Waals surface area contributed by atoms with Gasteiger partial charge in [-0.15, -0.1) is 0 Å². The van der Waals surface area contributed by atoms with E-state index in [1.165, 1.54) is 18.2 Å². The van der Waals surface area contributed by atoms with E-state index in [-0.39, 0.29) is 5.69 Å². The van der Waals surface area contributed by atoms with E-state index in [2.05, 4.69) is 10.3 Å². The lowest BCUT2D eigenvalue weighted by molar-refractivity contribution is -0.385. The maximum atomic E-state index is 12.0. The number of alkyl halides is 3. The summed E-state index contributed by atoms with van der Waals surface area (Å²) in [5.74, 6) is 0. The van der Waals surface area contributed by atoms with Crippen LogP contribution < -0.4 is 5.48 Å². The lowest BCUT2D eigenvalue weighted by Crippen LogP contribution is -2.28. The summed E-state index contributed by atoms with van der Waals surface area (Å²) in [6, 6.07) is 5.22. The van der Waals surface area contributed by atoms with E-state index in [1.54, 1.807) is 6.07 Å². The van der Waals surface area contributed by atoms with Gasteiger partial charge in [-0.2, -0.15) is 18.7 Å². The van der Waals surface area contributed by atoms with Gasteiger partial charge in [-0.05, 0) is 12.0 Å². The summed E-state index contributed by atoms with van der Waals surface area (Å²) >= 11 is 0. The molecule has 20 heavy (non-hydrogen) atoms. The molecule has 1 atom stereocenters. The predicted octanol–water partition coefficient (Wildman–Crippen LogP) is 3.52. The van der Waals surface area contributed by atoms with Crippen LogP contribution in [0.15, 0.2) is 24.3 Å². The zero-order valence-corrected chi connectivity index (χ0v) is 10.8. The van der Waals surface area contributed by atoms with Crippen molar-refractivity contribution in [1.82, 2.24) is 5.48 Å². The fourth-order valence-electron chi connectivity index (χ4n) is 1.66. The van der Waals surface area contributed by atoms with Crippen molar-refractivity contribution in [2.45, 2.75) is 32.0 Å². The van der Waals surface area contributed by atoms with Gasteiger partial charge in [0, 0.05) is 12.1 Å². The van der Waals surface area contributed by atoms with E-state index in [9.17, 15) is 23.3 Å². The summed E-state index contributed by atoms with van der Waals surface area (Å²) in [5.41, 5.74) is 2.72. The lowest BCUT2D eigenvalue weighted by Gasteiger charge is -2.18. The molecule has 1 unspecified atom stereocenters. The summed E-state index contributed by atoms with van der Waals surface area (Å²) in [4.78, 5) is 14.6. The maximum absolute atomic E-state index is 12.0. The molecule has 5 nitrogen and oxygen atoms in total.